The number of carbonyl (C=O) groups excluding carboxylic acids is 3. The highest BCUT2D eigenvalue weighted by molar-refractivity contribution is 6.18. The molecule has 2 amide bonds. The molecule has 0 bridgehead atoms. The predicted molar refractivity (Wildman–Crippen MR) is 140 cm³/mol. The van der Waals surface area contributed by atoms with E-state index in [0.29, 0.717) is 31.3 Å². The van der Waals surface area contributed by atoms with E-state index in [4.69, 9.17) is 27.9 Å². The van der Waals surface area contributed by atoms with Crippen molar-refractivity contribution >= 4 is 46.7 Å². The number of halogens is 2. The Bertz CT molecular complexity index is 935. The third-order valence-electron chi connectivity index (χ3n) is 5.31. The van der Waals surface area contributed by atoms with Crippen molar-refractivity contribution in [2.75, 3.05) is 36.4 Å². The summed E-state index contributed by atoms with van der Waals surface area (Å²) >= 11 is 11.8. The van der Waals surface area contributed by atoms with E-state index in [0.717, 1.165) is 16.8 Å². The van der Waals surface area contributed by atoms with E-state index in [1.165, 1.54) is 6.92 Å². The number of alkyl halides is 2. The molecule has 190 valence electrons. The average molecular weight is 522 g/mol. The largest absolute Gasteiger partial charge is 0.464 e. The standard InChI is InChI=1S/C26H33Cl2N3O4/c1-3-35-26(34)24(18-21-9-11-22(12-10-21)31(15-13-27)16-14-28)30-25(33)23(29-19(2)32)17-20-7-5-4-6-8-20/h4-12,23-24H,3,13-18H2,1-2H3,(H,29,32)(H,30,33)/t23-,24-/m0/s1. The van der Waals surface area contributed by atoms with Crippen molar-refractivity contribution < 1.29 is 19.1 Å². The van der Waals surface area contributed by atoms with Gasteiger partial charge >= 0.3 is 5.97 Å². The number of ether oxygens (including phenoxy) is 1. The van der Waals surface area contributed by atoms with Crippen molar-refractivity contribution in [3.8, 4) is 0 Å². The first-order valence-corrected chi connectivity index (χ1v) is 12.7. The molecule has 0 aromatic heterocycles. The normalized spacial score (nSPS) is 12.3. The maximum absolute atomic E-state index is 13.1. The second-order valence-electron chi connectivity index (χ2n) is 7.99. The fourth-order valence-electron chi connectivity index (χ4n) is 3.67. The SMILES string of the molecule is CCOC(=O)[C@H](Cc1ccc(N(CCCl)CCCl)cc1)NC(=O)[C@H](Cc1ccccc1)NC(C)=O. The van der Waals surface area contributed by atoms with E-state index >= 15 is 0 Å². The number of benzene rings is 2. The van der Waals surface area contributed by atoms with Gasteiger partial charge in [-0.25, -0.2) is 4.79 Å². The van der Waals surface area contributed by atoms with Crippen molar-refractivity contribution in [2.45, 2.75) is 38.8 Å². The lowest BCUT2D eigenvalue weighted by atomic mass is 10.0. The fraction of sp³-hybridized carbons (Fsp3) is 0.423. The van der Waals surface area contributed by atoms with Crippen molar-refractivity contribution in [3.63, 3.8) is 0 Å². The molecule has 2 rings (SSSR count). The smallest absolute Gasteiger partial charge is 0.328 e. The minimum Gasteiger partial charge on any atom is -0.464 e. The highest BCUT2D eigenvalue weighted by Crippen LogP contribution is 2.17. The fourth-order valence-corrected chi connectivity index (χ4v) is 4.07. The Morgan fingerprint density at radius 2 is 1.43 bits per heavy atom. The Balaban J connectivity index is 2.17. The van der Waals surface area contributed by atoms with Crippen LogP contribution in [0.25, 0.3) is 0 Å². The Labute approximate surface area is 217 Å². The molecular weight excluding hydrogens is 489 g/mol. The summed E-state index contributed by atoms with van der Waals surface area (Å²) in [6.07, 6.45) is 0.543. The summed E-state index contributed by atoms with van der Waals surface area (Å²) in [5.41, 5.74) is 2.71. The van der Waals surface area contributed by atoms with E-state index in [2.05, 4.69) is 15.5 Å². The first kappa shape index (κ1) is 28.5. The summed E-state index contributed by atoms with van der Waals surface area (Å²) in [5, 5.41) is 5.46. The Kier molecular flexibility index (Phi) is 12.4. The first-order valence-electron chi connectivity index (χ1n) is 11.6. The molecule has 35 heavy (non-hydrogen) atoms. The molecule has 0 heterocycles. The van der Waals surface area contributed by atoms with Gasteiger partial charge in [-0.05, 0) is 30.2 Å². The number of amides is 2. The van der Waals surface area contributed by atoms with Crippen LogP contribution in [0.2, 0.25) is 0 Å². The van der Waals surface area contributed by atoms with E-state index < -0.39 is 24.0 Å². The number of hydrogen-bond acceptors (Lipinski definition) is 5. The van der Waals surface area contributed by atoms with Gasteiger partial charge in [0.25, 0.3) is 0 Å². The lowest BCUT2D eigenvalue weighted by molar-refractivity contribution is -0.147. The van der Waals surface area contributed by atoms with Gasteiger partial charge in [0, 0.05) is 50.3 Å². The van der Waals surface area contributed by atoms with Crippen LogP contribution in [-0.2, 0) is 32.0 Å². The van der Waals surface area contributed by atoms with Gasteiger partial charge in [0.05, 0.1) is 6.61 Å². The van der Waals surface area contributed by atoms with Gasteiger partial charge < -0.3 is 20.3 Å². The van der Waals surface area contributed by atoms with Crippen molar-refractivity contribution in [1.29, 1.82) is 0 Å². The molecule has 0 aliphatic carbocycles. The quantitative estimate of drug-likeness (QED) is 0.294. The zero-order valence-corrected chi connectivity index (χ0v) is 21.6. The lowest BCUT2D eigenvalue weighted by Crippen LogP contribution is -2.53. The molecule has 7 nitrogen and oxygen atoms in total. The summed E-state index contributed by atoms with van der Waals surface area (Å²) in [6.45, 7) is 4.59. The molecule has 2 N–H and O–H groups in total. The van der Waals surface area contributed by atoms with Gasteiger partial charge in [0.2, 0.25) is 11.8 Å². The molecule has 0 saturated carbocycles. The molecule has 2 atom stereocenters. The van der Waals surface area contributed by atoms with E-state index in [1.807, 2.05) is 54.6 Å². The highest BCUT2D eigenvalue weighted by atomic mass is 35.5. The molecule has 2 aromatic carbocycles. The van der Waals surface area contributed by atoms with Crippen LogP contribution in [0.15, 0.2) is 54.6 Å². The van der Waals surface area contributed by atoms with Gasteiger partial charge in [0.15, 0.2) is 0 Å². The number of nitrogens with zero attached hydrogens (tertiary/aromatic N) is 1. The van der Waals surface area contributed by atoms with Crippen LogP contribution in [0.5, 0.6) is 0 Å². The number of hydrogen-bond donors (Lipinski definition) is 2. The number of carbonyl (C=O) groups is 3. The summed E-state index contributed by atoms with van der Waals surface area (Å²) in [6, 6.07) is 15.3. The third-order valence-corrected chi connectivity index (χ3v) is 5.65. The third kappa shape index (κ3) is 9.78. The molecule has 0 aliphatic heterocycles. The molecule has 9 heteroatoms. The summed E-state index contributed by atoms with van der Waals surface area (Å²) < 4.78 is 5.20. The van der Waals surface area contributed by atoms with E-state index in [9.17, 15) is 14.4 Å². The van der Waals surface area contributed by atoms with Crippen LogP contribution in [0.1, 0.15) is 25.0 Å². The van der Waals surface area contributed by atoms with E-state index in [-0.39, 0.29) is 18.9 Å². The minimum atomic E-state index is -0.901. The predicted octanol–water partition coefficient (Wildman–Crippen LogP) is 3.31. The van der Waals surface area contributed by atoms with Crippen molar-refractivity contribution in [2.24, 2.45) is 0 Å². The van der Waals surface area contributed by atoms with Gasteiger partial charge in [0.1, 0.15) is 12.1 Å². The van der Waals surface area contributed by atoms with Crippen LogP contribution >= 0.6 is 23.2 Å². The summed E-state index contributed by atoms with van der Waals surface area (Å²) in [5.74, 6) is -0.351. The first-order chi connectivity index (χ1) is 16.9. The Morgan fingerprint density at radius 1 is 0.857 bits per heavy atom. The Hall–Kier alpha value is -2.77. The van der Waals surface area contributed by atoms with Crippen LogP contribution < -0.4 is 15.5 Å². The van der Waals surface area contributed by atoms with Crippen molar-refractivity contribution in [3.05, 3.63) is 65.7 Å². The van der Waals surface area contributed by atoms with Gasteiger partial charge in [-0.15, -0.1) is 23.2 Å². The molecule has 0 saturated heterocycles. The topological polar surface area (TPSA) is 87.7 Å². The molecule has 0 unspecified atom stereocenters. The monoisotopic (exact) mass is 521 g/mol. The lowest BCUT2D eigenvalue weighted by Gasteiger charge is -2.24. The minimum absolute atomic E-state index is 0.190. The van der Waals surface area contributed by atoms with E-state index in [1.54, 1.807) is 6.92 Å². The van der Waals surface area contributed by atoms with Crippen LogP contribution in [-0.4, -0.2) is 61.3 Å². The zero-order valence-electron chi connectivity index (χ0n) is 20.1. The number of nitrogens with one attached hydrogen (secondary N) is 2. The van der Waals surface area contributed by atoms with Gasteiger partial charge in [-0.2, -0.15) is 0 Å². The molecule has 2 aromatic rings. The van der Waals surface area contributed by atoms with Crippen LogP contribution in [0, 0.1) is 0 Å². The molecule has 0 fully saturated rings. The molecular formula is C26H33Cl2N3O4. The number of esters is 1. The number of rotatable bonds is 14. The Morgan fingerprint density at radius 3 is 1.97 bits per heavy atom. The maximum Gasteiger partial charge on any atom is 0.328 e. The van der Waals surface area contributed by atoms with Crippen molar-refractivity contribution in [1.82, 2.24) is 10.6 Å². The van der Waals surface area contributed by atoms with Crippen LogP contribution in [0.3, 0.4) is 0 Å². The second kappa shape index (κ2) is 15.3. The summed E-state index contributed by atoms with van der Waals surface area (Å²) in [4.78, 5) is 39.6. The highest BCUT2D eigenvalue weighted by Gasteiger charge is 2.27. The number of anilines is 1. The zero-order chi connectivity index (χ0) is 25.6. The molecule has 0 aliphatic rings. The summed E-state index contributed by atoms with van der Waals surface area (Å²) in [7, 11) is 0. The van der Waals surface area contributed by atoms with Crippen LogP contribution in [0.4, 0.5) is 5.69 Å². The molecule has 0 radical (unpaired) electrons. The molecule has 0 spiro atoms. The van der Waals surface area contributed by atoms with Gasteiger partial charge in [-0.1, -0.05) is 42.5 Å². The average Bonchev–Trinajstić information content (AvgIpc) is 2.84. The van der Waals surface area contributed by atoms with Gasteiger partial charge in [-0.3, -0.25) is 9.59 Å². The maximum atomic E-state index is 13.1. The second-order valence-corrected chi connectivity index (χ2v) is 8.75.